The predicted molar refractivity (Wildman–Crippen MR) is 78.6 cm³/mol. The van der Waals surface area contributed by atoms with Gasteiger partial charge in [0.2, 0.25) is 0 Å². The Balaban J connectivity index is 2.90. The third-order valence-electron chi connectivity index (χ3n) is 3.11. The molecule has 17 heavy (non-hydrogen) atoms. The summed E-state index contributed by atoms with van der Waals surface area (Å²) in [7, 11) is 1.66. The van der Waals surface area contributed by atoms with Crippen LogP contribution in [0.15, 0.2) is 22.7 Å². The van der Waals surface area contributed by atoms with Gasteiger partial charge in [-0.3, -0.25) is 0 Å². The zero-order valence-corrected chi connectivity index (χ0v) is 13.2. The van der Waals surface area contributed by atoms with Gasteiger partial charge in [0.25, 0.3) is 0 Å². The first-order valence-electron chi connectivity index (χ1n) is 5.55. The van der Waals surface area contributed by atoms with Gasteiger partial charge < -0.3 is 4.74 Å². The molecule has 1 rings (SSSR count). The maximum atomic E-state index is 6.05. The van der Waals surface area contributed by atoms with E-state index >= 15 is 0 Å². The van der Waals surface area contributed by atoms with Crippen molar-refractivity contribution < 1.29 is 4.74 Å². The summed E-state index contributed by atoms with van der Waals surface area (Å²) in [6, 6.07) is 6.09. The van der Waals surface area contributed by atoms with Gasteiger partial charge in [-0.15, -0.1) is 23.2 Å². The van der Waals surface area contributed by atoms with Crippen molar-refractivity contribution in [3.8, 4) is 5.75 Å². The van der Waals surface area contributed by atoms with Crippen LogP contribution in [0, 0.1) is 5.41 Å². The third-order valence-corrected chi connectivity index (χ3v) is 4.87. The normalized spacial score (nSPS) is 11.6. The Kier molecular flexibility index (Phi) is 6.11. The zero-order chi connectivity index (χ0) is 12.9. The van der Waals surface area contributed by atoms with Gasteiger partial charge in [-0.1, -0.05) is 13.0 Å². The minimum atomic E-state index is -0.0167. The quantitative estimate of drug-likeness (QED) is 0.671. The summed E-state index contributed by atoms with van der Waals surface area (Å²) in [4.78, 5) is 0. The topological polar surface area (TPSA) is 9.23 Å². The Morgan fingerprint density at radius 2 is 1.94 bits per heavy atom. The molecule has 0 amide bonds. The van der Waals surface area contributed by atoms with Crippen LogP contribution in [0.4, 0.5) is 0 Å². The van der Waals surface area contributed by atoms with Crippen molar-refractivity contribution in [2.24, 2.45) is 5.41 Å². The van der Waals surface area contributed by atoms with Crippen LogP contribution in [0.1, 0.15) is 18.9 Å². The van der Waals surface area contributed by atoms with Crippen LogP contribution in [-0.2, 0) is 6.42 Å². The molecule has 0 unspecified atom stereocenters. The molecule has 96 valence electrons. The number of halogens is 3. The molecule has 0 aromatic heterocycles. The van der Waals surface area contributed by atoms with Crippen molar-refractivity contribution in [1.29, 1.82) is 0 Å². The summed E-state index contributed by atoms with van der Waals surface area (Å²) >= 11 is 15.6. The standard InChI is InChI=1S/C13H17BrCl2O/c1-3-13(8-15,9-16)7-10-4-5-12(17-2)11(14)6-10/h4-6H,3,7-9H2,1-2H3. The number of ether oxygens (including phenoxy) is 1. The molecular formula is C13H17BrCl2O. The van der Waals surface area contributed by atoms with Crippen LogP contribution in [0.2, 0.25) is 0 Å². The van der Waals surface area contributed by atoms with E-state index in [2.05, 4.69) is 35.0 Å². The van der Waals surface area contributed by atoms with Gasteiger partial charge in [-0.25, -0.2) is 0 Å². The largest absolute Gasteiger partial charge is 0.496 e. The molecule has 0 aliphatic rings. The molecule has 1 aromatic rings. The van der Waals surface area contributed by atoms with Gasteiger partial charge in [0, 0.05) is 17.2 Å². The molecule has 0 spiro atoms. The molecule has 0 N–H and O–H groups in total. The molecule has 1 nitrogen and oxygen atoms in total. The van der Waals surface area contributed by atoms with Gasteiger partial charge >= 0.3 is 0 Å². The first-order chi connectivity index (χ1) is 8.10. The molecule has 0 radical (unpaired) electrons. The maximum Gasteiger partial charge on any atom is 0.133 e. The molecule has 0 saturated heterocycles. The average Bonchev–Trinajstić information content (AvgIpc) is 2.36. The Morgan fingerprint density at radius 3 is 2.35 bits per heavy atom. The summed E-state index contributed by atoms with van der Waals surface area (Å²) in [6.45, 7) is 2.13. The highest BCUT2D eigenvalue weighted by molar-refractivity contribution is 9.10. The van der Waals surface area contributed by atoms with Gasteiger partial charge in [0.05, 0.1) is 11.6 Å². The SMILES string of the molecule is CCC(CCl)(CCl)Cc1ccc(OC)c(Br)c1. The predicted octanol–water partition coefficient (Wildman–Crippen LogP) is 4.87. The number of methoxy groups -OCH3 is 1. The lowest BCUT2D eigenvalue weighted by Gasteiger charge is -2.28. The van der Waals surface area contributed by atoms with E-state index < -0.39 is 0 Å². The van der Waals surface area contributed by atoms with Crippen molar-refractivity contribution in [3.63, 3.8) is 0 Å². The molecule has 0 heterocycles. The average molecular weight is 340 g/mol. The molecule has 4 heteroatoms. The molecule has 0 saturated carbocycles. The van der Waals surface area contributed by atoms with E-state index in [4.69, 9.17) is 27.9 Å². The molecule has 0 atom stereocenters. The van der Waals surface area contributed by atoms with E-state index in [1.165, 1.54) is 5.56 Å². The maximum absolute atomic E-state index is 6.05. The number of hydrogen-bond acceptors (Lipinski definition) is 1. The molecule has 0 bridgehead atoms. The summed E-state index contributed by atoms with van der Waals surface area (Å²) in [5.41, 5.74) is 1.21. The van der Waals surface area contributed by atoms with E-state index in [1.54, 1.807) is 7.11 Å². The van der Waals surface area contributed by atoms with E-state index in [0.717, 1.165) is 23.1 Å². The van der Waals surface area contributed by atoms with E-state index in [9.17, 15) is 0 Å². The van der Waals surface area contributed by atoms with Crippen molar-refractivity contribution in [2.75, 3.05) is 18.9 Å². The van der Waals surface area contributed by atoms with Crippen LogP contribution < -0.4 is 4.74 Å². The summed E-state index contributed by atoms with van der Waals surface area (Å²) in [6.07, 6.45) is 1.86. The molecule has 0 aliphatic carbocycles. The van der Waals surface area contributed by atoms with Crippen LogP contribution in [0.3, 0.4) is 0 Å². The van der Waals surface area contributed by atoms with Gasteiger partial charge in [0.1, 0.15) is 5.75 Å². The first-order valence-corrected chi connectivity index (χ1v) is 7.41. The summed E-state index contributed by atoms with van der Waals surface area (Å²) < 4.78 is 6.17. The summed E-state index contributed by atoms with van der Waals surface area (Å²) in [5, 5.41) is 0. The Hall–Kier alpha value is 0.0800. The zero-order valence-electron chi connectivity index (χ0n) is 10.1. The van der Waals surface area contributed by atoms with Gasteiger partial charge in [-0.2, -0.15) is 0 Å². The lowest BCUT2D eigenvalue weighted by atomic mass is 9.83. The van der Waals surface area contributed by atoms with Crippen molar-refractivity contribution in [2.45, 2.75) is 19.8 Å². The van der Waals surface area contributed by atoms with Crippen LogP contribution >= 0.6 is 39.1 Å². The lowest BCUT2D eigenvalue weighted by molar-refractivity contribution is 0.361. The molecular weight excluding hydrogens is 323 g/mol. The molecule has 1 aromatic carbocycles. The fourth-order valence-corrected chi connectivity index (χ4v) is 3.14. The van der Waals surface area contributed by atoms with Crippen molar-refractivity contribution in [1.82, 2.24) is 0 Å². The second-order valence-corrected chi connectivity index (χ2v) is 5.66. The monoisotopic (exact) mass is 338 g/mol. The number of benzene rings is 1. The Morgan fingerprint density at radius 1 is 1.29 bits per heavy atom. The van der Waals surface area contributed by atoms with Crippen LogP contribution in [0.5, 0.6) is 5.75 Å². The summed E-state index contributed by atoms with van der Waals surface area (Å²) in [5.74, 6) is 2.00. The fraction of sp³-hybridized carbons (Fsp3) is 0.538. The minimum absolute atomic E-state index is 0.0167. The smallest absolute Gasteiger partial charge is 0.133 e. The highest BCUT2D eigenvalue weighted by Gasteiger charge is 2.26. The lowest BCUT2D eigenvalue weighted by Crippen LogP contribution is -2.27. The number of hydrogen-bond donors (Lipinski definition) is 0. The van der Waals surface area contributed by atoms with Crippen LogP contribution in [-0.4, -0.2) is 18.9 Å². The Labute approximate surface area is 122 Å². The molecule has 0 fully saturated rings. The Bertz CT molecular complexity index is 356. The van der Waals surface area contributed by atoms with Crippen molar-refractivity contribution in [3.05, 3.63) is 28.2 Å². The minimum Gasteiger partial charge on any atom is -0.496 e. The number of rotatable bonds is 6. The van der Waals surface area contributed by atoms with E-state index in [1.807, 2.05) is 6.07 Å². The molecule has 0 aliphatic heterocycles. The highest BCUT2D eigenvalue weighted by Crippen LogP contribution is 2.33. The van der Waals surface area contributed by atoms with Crippen LogP contribution in [0.25, 0.3) is 0 Å². The fourth-order valence-electron chi connectivity index (χ4n) is 1.70. The second kappa shape index (κ2) is 6.86. The number of alkyl halides is 2. The van der Waals surface area contributed by atoms with Gasteiger partial charge in [-0.05, 0) is 46.5 Å². The van der Waals surface area contributed by atoms with E-state index in [0.29, 0.717) is 11.8 Å². The second-order valence-electron chi connectivity index (χ2n) is 4.27. The highest BCUT2D eigenvalue weighted by atomic mass is 79.9. The third kappa shape index (κ3) is 3.77. The van der Waals surface area contributed by atoms with Gasteiger partial charge in [0.15, 0.2) is 0 Å². The first kappa shape index (κ1) is 15.1. The van der Waals surface area contributed by atoms with Crippen molar-refractivity contribution >= 4 is 39.1 Å². The van der Waals surface area contributed by atoms with E-state index in [-0.39, 0.29) is 5.41 Å².